The molecule has 19 heavy (non-hydrogen) atoms. The van der Waals surface area contributed by atoms with E-state index in [4.69, 9.17) is 12.2 Å². The van der Waals surface area contributed by atoms with Crippen molar-refractivity contribution >= 4 is 18.1 Å². The minimum absolute atomic E-state index is 0.0770. The van der Waals surface area contributed by atoms with Crippen LogP contribution in [0.1, 0.15) is 28.8 Å². The summed E-state index contributed by atoms with van der Waals surface area (Å²) in [6.45, 7) is 5.03. The predicted octanol–water partition coefficient (Wildman–Crippen LogP) is 1.57. The third-order valence-corrected chi connectivity index (χ3v) is 3.28. The molecular formula is C12H17N5OS. The number of hydrogen-bond donors (Lipinski definition) is 3. The number of aryl methyl sites for hydroxylation is 2. The molecule has 0 fully saturated rings. The van der Waals surface area contributed by atoms with Gasteiger partial charge in [-0.05, 0) is 25.2 Å². The van der Waals surface area contributed by atoms with E-state index in [0.29, 0.717) is 23.4 Å². The number of rotatable bonds is 5. The third-order valence-electron chi connectivity index (χ3n) is 2.97. The standard InChI is InChI=1S/C12H17N5OS/c1-3-10-15-16-12(19)17(10)7-6-14-11(18)9-4-5-13-8(9)2/h4-5,13H,3,6-7H2,1-2H3,(H,14,18)(H,16,19). The maximum Gasteiger partial charge on any atom is 0.253 e. The van der Waals surface area contributed by atoms with Gasteiger partial charge in [0.05, 0.1) is 5.56 Å². The maximum absolute atomic E-state index is 11.9. The van der Waals surface area contributed by atoms with Crippen LogP contribution in [0, 0.1) is 11.7 Å². The average Bonchev–Trinajstić information content (AvgIpc) is 2.96. The van der Waals surface area contributed by atoms with Gasteiger partial charge in [0.1, 0.15) is 5.82 Å². The van der Waals surface area contributed by atoms with E-state index in [1.54, 1.807) is 12.3 Å². The van der Waals surface area contributed by atoms with Gasteiger partial charge in [0.2, 0.25) is 0 Å². The molecule has 0 radical (unpaired) electrons. The van der Waals surface area contributed by atoms with Crippen LogP contribution in [0.4, 0.5) is 0 Å². The Morgan fingerprint density at radius 3 is 3.00 bits per heavy atom. The Labute approximate surface area is 116 Å². The summed E-state index contributed by atoms with van der Waals surface area (Å²) in [7, 11) is 0. The van der Waals surface area contributed by atoms with Gasteiger partial charge in [-0.1, -0.05) is 6.92 Å². The lowest BCUT2D eigenvalue weighted by Crippen LogP contribution is -2.27. The van der Waals surface area contributed by atoms with Crippen LogP contribution in [0.25, 0.3) is 0 Å². The molecule has 7 heteroatoms. The van der Waals surface area contributed by atoms with Crippen LogP contribution in [0.15, 0.2) is 12.3 Å². The van der Waals surface area contributed by atoms with Crippen LogP contribution in [0.5, 0.6) is 0 Å². The monoisotopic (exact) mass is 279 g/mol. The molecule has 6 nitrogen and oxygen atoms in total. The molecule has 2 aromatic heterocycles. The molecule has 2 rings (SSSR count). The Bertz CT molecular complexity index is 624. The quantitative estimate of drug-likeness (QED) is 0.727. The van der Waals surface area contributed by atoms with Gasteiger partial charge in [-0.2, -0.15) is 5.10 Å². The second kappa shape index (κ2) is 5.83. The lowest BCUT2D eigenvalue weighted by atomic mass is 10.2. The second-order valence-corrected chi connectivity index (χ2v) is 4.61. The van der Waals surface area contributed by atoms with Gasteiger partial charge in [0, 0.05) is 31.4 Å². The number of nitrogens with one attached hydrogen (secondary N) is 3. The van der Waals surface area contributed by atoms with Gasteiger partial charge >= 0.3 is 0 Å². The molecule has 2 heterocycles. The Kier molecular flexibility index (Phi) is 4.16. The van der Waals surface area contributed by atoms with Crippen molar-refractivity contribution in [3.63, 3.8) is 0 Å². The van der Waals surface area contributed by atoms with E-state index in [2.05, 4.69) is 20.5 Å². The Hall–Kier alpha value is -1.89. The molecule has 0 saturated carbocycles. The summed E-state index contributed by atoms with van der Waals surface area (Å²) in [6.07, 6.45) is 2.56. The van der Waals surface area contributed by atoms with E-state index in [-0.39, 0.29) is 5.91 Å². The van der Waals surface area contributed by atoms with Crippen molar-refractivity contribution in [3.05, 3.63) is 34.1 Å². The minimum atomic E-state index is -0.0770. The fourth-order valence-corrected chi connectivity index (χ4v) is 2.17. The Morgan fingerprint density at radius 2 is 2.37 bits per heavy atom. The average molecular weight is 279 g/mol. The molecule has 2 aromatic rings. The highest BCUT2D eigenvalue weighted by Crippen LogP contribution is 2.04. The van der Waals surface area contributed by atoms with E-state index in [0.717, 1.165) is 17.9 Å². The summed E-state index contributed by atoms with van der Waals surface area (Å²) >= 11 is 5.15. The number of amides is 1. The fraction of sp³-hybridized carbons (Fsp3) is 0.417. The topological polar surface area (TPSA) is 78.5 Å². The molecule has 102 valence electrons. The zero-order valence-corrected chi connectivity index (χ0v) is 11.8. The van der Waals surface area contributed by atoms with Gasteiger partial charge in [-0.3, -0.25) is 9.89 Å². The Balaban J connectivity index is 1.94. The van der Waals surface area contributed by atoms with E-state index < -0.39 is 0 Å². The van der Waals surface area contributed by atoms with Crippen molar-refractivity contribution in [1.29, 1.82) is 0 Å². The van der Waals surface area contributed by atoms with Crippen LogP contribution >= 0.6 is 12.2 Å². The molecule has 0 saturated heterocycles. The highest BCUT2D eigenvalue weighted by Gasteiger charge is 2.09. The summed E-state index contributed by atoms with van der Waals surface area (Å²) in [5.41, 5.74) is 1.54. The number of hydrogen-bond acceptors (Lipinski definition) is 3. The number of nitrogens with zero attached hydrogens (tertiary/aromatic N) is 2. The van der Waals surface area contributed by atoms with Gasteiger partial charge in [-0.25, -0.2) is 0 Å². The first-order valence-corrected chi connectivity index (χ1v) is 6.60. The number of carbonyl (C=O) groups is 1. The van der Waals surface area contributed by atoms with E-state index in [1.807, 2.05) is 18.4 Å². The van der Waals surface area contributed by atoms with Crippen LogP contribution in [-0.2, 0) is 13.0 Å². The van der Waals surface area contributed by atoms with Crippen molar-refractivity contribution in [2.45, 2.75) is 26.8 Å². The lowest BCUT2D eigenvalue weighted by molar-refractivity contribution is 0.0951. The third kappa shape index (κ3) is 2.93. The molecule has 0 bridgehead atoms. The van der Waals surface area contributed by atoms with Crippen molar-refractivity contribution in [1.82, 2.24) is 25.1 Å². The molecule has 1 amide bonds. The minimum Gasteiger partial charge on any atom is -0.365 e. The smallest absolute Gasteiger partial charge is 0.253 e. The molecule has 0 aliphatic rings. The molecule has 0 atom stereocenters. The van der Waals surface area contributed by atoms with Crippen molar-refractivity contribution in [3.8, 4) is 0 Å². The van der Waals surface area contributed by atoms with Crippen LogP contribution in [0.2, 0.25) is 0 Å². The molecule has 3 N–H and O–H groups in total. The molecule has 0 aliphatic heterocycles. The normalized spacial score (nSPS) is 10.6. The first-order valence-electron chi connectivity index (χ1n) is 6.19. The van der Waals surface area contributed by atoms with Gasteiger partial charge in [0.25, 0.3) is 5.91 Å². The largest absolute Gasteiger partial charge is 0.365 e. The SMILES string of the molecule is CCc1n[nH]c(=S)n1CCNC(=O)c1cc[nH]c1C. The summed E-state index contributed by atoms with van der Waals surface area (Å²) in [5, 5.41) is 9.76. The molecule has 0 aromatic carbocycles. The fourth-order valence-electron chi connectivity index (χ4n) is 1.93. The summed E-state index contributed by atoms with van der Waals surface area (Å²) in [4.78, 5) is 14.9. The van der Waals surface area contributed by atoms with E-state index in [9.17, 15) is 4.79 Å². The second-order valence-electron chi connectivity index (χ2n) is 4.22. The summed E-state index contributed by atoms with van der Waals surface area (Å²) in [6, 6.07) is 1.77. The first-order chi connectivity index (χ1) is 9.13. The van der Waals surface area contributed by atoms with Crippen LogP contribution < -0.4 is 5.32 Å². The molecule has 0 unspecified atom stereocenters. The maximum atomic E-state index is 11.9. The van der Waals surface area contributed by atoms with Gasteiger partial charge in [0.15, 0.2) is 4.77 Å². The Morgan fingerprint density at radius 1 is 1.58 bits per heavy atom. The number of aromatic nitrogens is 4. The van der Waals surface area contributed by atoms with Gasteiger partial charge in [-0.15, -0.1) is 0 Å². The lowest BCUT2D eigenvalue weighted by Gasteiger charge is -2.07. The zero-order chi connectivity index (χ0) is 13.8. The highest BCUT2D eigenvalue weighted by molar-refractivity contribution is 7.71. The molecule has 0 aliphatic carbocycles. The summed E-state index contributed by atoms with van der Waals surface area (Å²) in [5.74, 6) is 0.823. The number of H-pyrrole nitrogens is 2. The van der Waals surface area contributed by atoms with E-state index in [1.165, 1.54) is 0 Å². The number of aromatic amines is 2. The zero-order valence-electron chi connectivity index (χ0n) is 11.0. The van der Waals surface area contributed by atoms with Crippen molar-refractivity contribution in [2.24, 2.45) is 0 Å². The molecule has 0 spiro atoms. The van der Waals surface area contributed by atoms with Crippen molar-refractivity contribution < 1.29 is 4.79 Å². The van der Waals surface area contributed by atoms with E-state index >= 15 is 0 Å². The molecular weight excluding hydrogens is 262 g/mol. The van der Waals surface area contributed by atoms with Gasteiger partial charge < -0.3 is 14.9 Å². The van der Waals surface area contributed by atoms with Crippen LogP contribution in [0.3, 0.4) is 0 Å². The van der Waals surface area contributed by atoms with Crippen LogP contribution in [-0.4, -0.2) is 32.2 Å². The predicted molar refractivity (Wildman–Crippen MR) is 74.7 cm³/mol. The van der Waals surface area contributed by atoms with Crippen molar-refractivity contribution in [2.75, 3.05) is 6.54 Å². The number of carbonyl (C=O) groups excluding carboxylic acids is 1. The first kappa shape index (κ1) is 13.5. The highest BCUT2D eigenvalue weighted by atomic mass is 32.1. The summed E-state index contributed by atoms with van der Waals surface area (Å²) < 4.78 is 2.49.